The third-order valence-corrected chi connectivity index (χ3v) is 5.39. The Bertz CT molecular complexity index is 868. The van der Waals surface area contributed by atoms with Crippen molar-refractivity contribution in [3.05, 3.63) is 65.5 Å². The number of halogens is 1. The smallest absolute Gasteiger partial charge is 0.251 e. The lowest BCUT2D eigenvalue weighted by Crippen LogP contribution is -2.31. The third kappa shape index (κ3) is 6.42. The molecule has 0 aliphatic rings. The average Bonchev–Trinajstić information content (AvgIpc) is 2.63. The number of nitrogens with one attached hydrogen (secondary N) is 2. The van der Waals surface area contributed by atoms with Crippen molar-refractivity contribution in [1.82, 2.24) is 14.9 Å². The normalized spacial score (nSPS) is 11.6. The second-order valence-electron chi connectivity index (χ2n) is 6.32. The van der Waals surface area contributed by atoms with Crippen LogP contribution >= 0.6 is 0 Å². The Labute approximate surface area is 159 Å². The van der Waals surface area contributed by atoms with Gasteiger partial charge in [-0.05, 0) is 56.4 Å². The molecule has 0 saturated carbocycles. The van der Waals surface area contributed by atoms with Crippen molar-refractivity contribution in [2.45, 2.75) is 11.3 Å². The van der Waals surface area contributed by atoms with Crippen molar-refractivity contribution < 1.29 is 17.6 Å². The molecule has 0 aromatic heterocycles. The van der Waals surface area contributed by atoms with Crippen molar-refractivity contribution in [1.29, 1.82) is 0 Å². The highest BCUT2D eigenvalue weighted by atomic mass is 32.2. The Hall–Kier alpha value is -2.29. The van der Waals surface area contributed by atoms with Crippen LogP contribution < -0.4 is 10.0 Å². The van der Waals surface area contributed by atoms with Crippen LogP contribution in [0.1, 0.15) is 15.9 Å². The number of carbonyl (C=O) groups excluding carboxylic acids is 1. The van der Waals surface area contributed by atoms with Gasteiger partial charge >= 0.3 is 0 Å². The van der Waals surface area contributed by atoms with E-state index in [9.17, 15) is 17.6 Å². The molecule has 0 fully saturated rings. The fourth-order valence-electron chi connectivity index (χ4n) is 2.39. The highest BCUT2D eigenvalue weighted by molar-refractivity contribution is 7.89. The van der Waals surface area contributed by atoms with Gasteiger partial charge in [0.2, 0.25) is 10.0 Å². The maximum atomic E-state index is 13.6. The summed E-state index contributed by atoms with van der Waals surface area (Å²) in [5.41, 5.74) is 0.837. The lowest BCUT2D eigenvalue weighted by Gasteiger charge is -2.11. The minimum atomic E-state index is -3.72. The van der Waals surface area contributed by atoms with Gasteiger partial charge in [0.15, 0.2) is 0 Å². The summed E-state index contributed by atoms with van der Waals surface area (Å²) in [6.45, 7) is 1.30. The SMILES string of the molecule is CN(C)CCNC(=O)c1ccc(S(=O)(=O)NCCc2ccccc2F)cc1. The summed E-state index contributed by atoms with van der Waals surface area (Å²) in [5, 5.41) is 2.77. The van der Waals surface area contributed by atoms with Crippen molar-refractivity contribution in [2.24, 2.45) is 0 Å². The zero-order valence-corrected chi connectivity index (χ0v) is 16.2. The zero-order valence-electron chi connectivity index (χ0n) is 15.4. The van der Waals surface area contributed by atoms with E-state index in [4.69, 9.17) is 0 Å². The second-order valence-corrected chi connectivity index (χ2v) is 8.09. The molecule has 0 aliphatic heterocycles. The Balaban J connectivity index is 1.92. The monoisotopic (exact) mass is 393 g/mol. The Morgan fingerprint density at radius 2 is 1.70 bits per heavy atom. The van der Waals surface area contributed by atoms with Crippen LogP contribution in [-0.4, -0.2) is 53.0 Å². The molecule has 0 heterocycles. The highest BCUT2D eigenvalue weighted by Gasteiger charge is 2.15. The molecule has 0 unspecified atom stereocenters. The molecule has 2 aromatic rings. The van der Waals surface area contributed by atoms with E-state index in [0.29, 0.717) is 24.2 Å². The predicted octanol–water partition coefficient (Wildman–Crippen LogP) is 1.64. The van der Waals surface area contributed by atoms with E-state index >= 15 is 0 Å². The molecule has 0 atom stereocenters. The number of hydrogen-bond acceptors (Lipinski definition) is 4. The highest BCUT2D eigenvalue weighted by Crippen LogP contribution is 2.11. The first kappa shape index (κ1) is 21.0. The van der Waals surface area contributed by atoms with Gasteiger partial charge in [0.1, 0.15) is 5.82 Å². The van der Waals surface area contributed by atoms with E-state index < -0.39 is 10.0 Å². The second kappa shape index (κ2) is 9.59. The molecule has 27 heavy (non-hydrogen) atoms. The number of amides is 1. The maximum Gasteiger partial charge on any atom is 0.251 e. The molecule has 0 bridgehead atoms. The lowest BCUT2D eigenvalue weighted by molar-refractivity contribution is 0.0951. The van der Waals surface area contributed by atoms with Gasteiger partial charge in [-0.3, -0.25) is 4.79 Å². The van der Waals surface area contributed by atoms with Crippen LogP contribution in [0.25, 0.3) is 0 Å². The van der Waals surface area contributed by atoms with Crippen molar-refractivity contribution in [3.8, 4) is 0 Å². The van der Waals surface area contributed by atoms with E-state index in [2.05, 4.69) is 10.0 Å². The van der Waals surface area contributed by atoms with Crippen LogP contribution in [0.4, 0.5) is 4.39 Å². The molecule has 2 rings (SSSR count). The Kier molecular flexibility index (Phi) is 7.46. The largest absolute Gasteiger partial charge is 0.351 e. The van der Waals surface area contributed by atoms with E-state index in [1.807, 2.05) is 19.0 Å². The molecule has 0 saturated heterocycles. The van der Waals surface area contributed by atoms with Crippen LogP contribution in [0.15, 0.2) is 53.4 Å². The van der Waals surface area contributed by atoms with E-state index in [-0.39, 0.29) is 29.6 Å². The van der Waals surface area contributed by atoms with Crippen LogP contribution in [0.3, 0.4) is 0 Å². The maximum absolute atomic E-state index is 13.6. The Morgan fingerprint density at radius 3 is 2.33 bits per heavy atom. The number of likely N-dealkylation sites (N-methyl/N-ethyl adjacent to an activating group) is 1. The topological polar surface area (TPSA) is 78.5 Å². The number of sulfonamides is 1. The summed E-state index contributed by atoms with van der Waals surface area (Å²) in [5.74, 6) is -0.616. The zero-order chi connectivity index (χ0) is 19.9. The molecular formula is C19H24FN3O3S. The first-order valence-corrected chi connectivity index (χ1v) is 10.0. The van der Waals surface area contributed by atoms with Crippen LogP contribution in [0, 0.1) is 5.82 Å². The fourth-order valence-corrected chi connectivity index (χ4v) is 3.42. The third-order valence-electron chi connectivity index (χ3n) is 3.92. The fraction of sp³-hybridized carbons (Fsp3) is 0.316. The number of hydrogen-bond donors (Lipinski definition) is 2. The molecule has 0 spiro atoms. The lowest BCUT2D eigenvalue weighted by atomic mass is 10.1. The van der Waals surface area contributed by atoms with E-state index in [0.717, 1.165) is 0 Å². The molecule has 0 radical (unpaired) electrons. The quantitative estimate of drug-likeness (QED) is 0.679. The van der Waals surface area contributed by atoms with Crippen molar-refractivity contribution >= 4 is 15.9 Å². The van der Waals surface area contributed by atoms with Crippen molar-refractivity contribution in [2.75, 3.05) is 33.7 Å². The number of rotatable bonds is 9. The van der Waals surface area contributed by atoms with Gasteiger partial charge in [0.25, 0.3) is 5.91 Å². The summed E-state index contributed by atoms with van der Waals surface area (Å²) in [6, 6.07) is 11.9. The summed E-state index contributed by atoms with van der Waals surface area (Å²) in [6.07, 6.45) is 0.248. The first-order chi connectivity index (χ1) is 12.8. The van der Waals surface area contributed by atoms with E-state index in [1.165, 1.54) is 30.3 Å². The van der Waals surface area contributed by atoms with Crippen molar-refractivity contribution in [3.63, 3.8) is 0 Å². The summed E-state index contributed by atoms with van der Waals surface area (Å²) < 4.78 is 40.7. The Morgan fingerprint density at radius 1 is 1.04 bits per heavy atom. The van der Waals surface area contributed by atoms with Crippen LogP contribution in [0.5, 0.6) is 0 Å². The number of carbonyl (C=O) groups is 1. The predicted molar refractivity (Wildman–Crippen MR) is 103 cm³/mol. The molecule has 2 aromatic carbocycles. The molecule has 2 N–H and O–H groups in total. The minimum Gasteiger partial charge on any atom is -0.351 e. The standard InChI is InChI=1S/C19H24FN3O3S/c1-23(2)14-13-21-19(24)16-7-9-17(10-8-16)27(25,26)22-12-11-15-5-3-4-6-18(15)20/h3-10,22H,11-14H2,1-2H3,(H,21,24). The minimum absolute atomic E-state index is 0.0564. The summed E-state index contributed by atoms with van der Waals surface area (Å²) in [4.78, 5) is 14.0. The molecule has 1 amide bonds. The molecule has 0 aliphatic carbocycles. The van der Waals surface area contributed by atoms with Gasteiger partial charge in [0, 0.05) is 25.2 Å². The van der Waals surface area contributed by atoms with Gasteiger partial charge in [-0.1, -0.05) is 18.2 Å². The number of nitrogens with zero attached hydrogens (tertiary/aromatic N) is 1. The molecule has 146 valence electrons. The van der Waals surface area contributed by atoms with Gasteiger partial charge in [0.05, 0.1) is 4.90 Å². The average molecular weight is 393 g/mol. The van der Waals surface area contributed by atoms with Gasteiger partial charge < -0.3 is 10.2 Å². The number of benzene rings is 2. The van der Waals surface area contributed by atoms with Crippen LogP contribution in [0.2, 0.25) is 0 Å². The van der Waals surface area contributed by atoms with E-state index in [1.54, 1.807) is 18.2 Å². The van der Waals surface area contributed by atoms with Gasteiger partial charge in [-0.15, -0.1) is 0 Å². The van der Waals surface area contributed by atoms with Crippen LogP contribution in [-0.2, 0) is 16.4 Å². The molecule has 6 nitrogen and oxygen atoms in total. The summed E-state index contributed by atoms with van der Waals surface area (Å²) >= 11 is 0. The molecular weight excluding hydrogens is 369 g/mol. The van der Waals surface area contributed by atoms with Gasteiger partial charge in [-0.25, -0.2) is 17.5 Å². The van der Waals surface area contributed by atoms with Gasteiger partial charge in [-0.2, -0.15) is 0 Å². The summed E-state index contributed by atoms with van der Waals surface area (Å²) in [7, 11) is 0.0907. The molecule has 8 heteroatoms. The first-order valence-electron chi connectivity index (χ1n) is 8.55.